The number of nitrogens with zero attached hydrogens (tertiary/aromatic N) is 1. The molecule has 3 rings (SSSR count). The van der Waals surface area contributed by atoms with Crippen molar-refractivity contribution in [2.75, 3.05) is 11.1 Å². The molecular formula is C18H18ClN3OS. The summed E-state index contributed by atoms with van der Waals surface area (Å²) in [5, 5.41) is 4.23. The van der Waals surface area contributed by atoms with Crippen LogP contribution in [0.25, 0.3) is 10.2 Å². The van der Waals surface area contributed by atoms with Crippen LogP contribution < -0.4 is 11.1 Å². The van der Waals surface area contributed by atoms with Gasteiger partial charge < -0.3 is 11.1 Å². The Morgan fingerprint density at radius 2 is 2.17 bits per heavy atom. The third-order valence-electron chi connectivity index (χ3n) is 3.73. The Kier molecular flexibility index (Phi) is 5.02. The van der Waals surface area contributed by atoms with Crippen molar-refractivity contribution in [3.63, 3.8) is 0 Å². The number of halogens is 1. The number of anilines is 2. The molecule has 0 atom stereocenters. The Balaban J connectivity index is 1.88. The molecule has 24 heavy (non-hydrogen) atoms. The molecule has 1 amide bonds. The van der Waals surface area contributed by atoms with Gasteiger partial charge in [-0.15, -0.1) is 11.3 Å². The molecule has 0 saturated carbocycles. The average Bonchev–Trinajstić information content (AvgIpc) is 2.89. The maximum Gasteiger partial charge on any atom is 0.267 e. The lowest BCUT2D eigenvalue weighted by Gasteiger charge is -2.04. The second-order valence-electron chi connectivity index (χ2n) is 5.57. The van der Waals surface area contributed by atoms with Gasteiger partial charge in [-0.1, -0.05) is 31.0 Å². The zero-order chi connectivity index (χ0) is 17.1. The Labute approximate surface area is 149 Å². The molecule has 0 radical (unpaired) electrons. The van der Waals surface area contributed by atoms with Gasteiger partial charge >= 0.3 is 0 Å². The van der Waals surface area contributed by atoms with Crippen molar-refractivity contribution in [1.82, 2.24) is 4.98 Å². The number of hydrogen-bond acceptors (Lipinski definition) is 4. The van der Waals surface area contributed by atoms with Crippen LogP contribution >= 0.6 is 22.9 Å². The summed E-state index contributed by atoms with van der Waals surface area (Å²) in [4.78, 5) is 18.4. The van der Waals surface area contributed by atoms with Gasteiger partial charge in [0.25, 0.3) is 5.91 Å². The molecule has 0 unspecified atom stereocenters. The number of nitrogens with one attached hydrogen (secondary N) is 1. The molecule has 4 nitrogen and oxygen atoms in total. The quantitative estimate of drug-likeness (QED) is 0.663. The molecule has 2 heterocycles. The van der Waals surface area contributed by atoms with Gasteiger partial charge in [-0.05, 0) is 43.2 Å². The summed E-state index contributed by atoms with van der Waals surface area (Å²) in [6, 6.07) is 11.0. The predicted octanol–water partition coefficient (Wildman–Crippen LogP) is 5.13. The fourth-order valence-corrected chi connectivity index (χ4v) is 3.65. The van der Waals surface area contributed by atoms with Gasteiger partial charge in [0, 0.05) is 21.8 Å². The second kappa shape index (κ2) is 7.20. The summed E-state index contributed by atoms with van der Waals surface area (Å²) in [6.07, 6.45) is 3.16. The molecule has 0 aliphatic carbocycles. The van der Waals surface area contributed by atoms with Crippen LogP contribution in [0.3, 0.4) is 0 Å². The summed E-state index contributed by atoms with van der Waals surface area (Å²) in [5.74, 6) is -0.243. The highest BCUT2D eigenvalue weighted by atomic mass is 35.5. The number of aryl methyl sites for hydroxylation is 1. The van der Waals surface area contributed by atoms with Gasteiger partial charge in [-0.25, -0.2) is 4.98 Å². The number of amides is 1. The number of carbonyl (C=O) groups is 1. The van der Waals surface area contributed by atoms with Crippen molar-refractivity contribution >= 4 is 50.4 Å². The van der Waals surface area contributed by atoms with Gasteiger partial charge in [0.15, 0.2) is 0 Å². The maximum absolute atomic E-state index is 12.5. The number of rotatable bonds is 5. The molecule has 1 aromatic carbocycles. The first kappa shape index (κ1) is 16.7. The van der Waals surface area contributed by atoms with E-state index in [1.54, 1.807) is 24.3 Å². The molecule has 3 N–H and O–H groups in total. The zero-order valence-electron chi connectivity index (χ0n) is 13.3. The van der Waals surface area contributed by atoms with Crippen LogP contribution in [0, 0.1) is 0 Å². The summed E-state index contributed by atoms with van der Waals surface area (Å²) in [5.41, 5.74) is 8.31. The van der Waals surface area contributed by atoms with Gasteiger partial charge in [0.1, 0.15) is 9.71 Å². The van der Waals surface area contributed by atoms with Crippen molar-refractivity contribution in [2.45, 2.75) is 26.2 Å². The van der Waals surface area contributed by atoms with E-state index in [1.807, 2.05) is 12.1 Å². The number of nitrogen functional groups attached to an aromatic ring is 1. The maximum atomic E-state index is 12.5. The van der Waals surface area contributed by atoms with Gasteiger partial charge in [0.05, 0.1) is 5.69 Å². The number of carbonyl (C=O) groups excluding carboxylic acids is 1. The molecule has 0 spiro atoms. The number of unbranched alkanes of at least 4 members (excludes halogenated alkanes) is 1. The molecule has 0 saturated heterocycles. The van der Waals surface area contributed by atoms with Crippen molar-refractivity contribution in [2.24, 2.45) is 0 Å². The number of pyridine rings is 1. The van der Waals surface area contributed by atoms with Crippen molar-refractivity contribution in [3.05, 3.63) is 52.0 Å². The predicted molar refractivity (Wildman–Crippen MR) is 102 cm³/mol. The summed E-state index contributed by atoms with van der Waals surface area (Å²) in [6.45, 7) is 2.15. The van der Waals surface area contributed by atoms with E-state index >= 15 is 0 Å². The van der Waals surface area contributed by atoms with Crippen LogP contribution in [0.5, 0.6) is 0 Å². The lowest BCUT2D eigenvalue weighted by molar-refractivity contribution is 0.103. The molecule has 0 aliphatic rings. The van der Waals surface area contributed by atoms with E-state index in [0.717, 1.165) is 35.2 Å². The fraction of sp³-hybridized carbons (Fsp3) is 0.222. The Morgan fingerprint density at radius 1 is 1.33 bits per heavy atom. The first-order valence-corrected chi connectivity index (χ1v) is 9.02. The molecule has 0 fully saturated rings. The third kappa shape index (κ3) is 3.52. The summed E-state index contributed by atoms with van der Waals surface area (Å²) >= 11 is 7.27. The molecule has 124 valence electrons. The van der Waals surface area contributed by atoms with E-state index in [2.05, 4.69) is 17.2 Å². The number of fused-ring (bicyclic) bond motifs is 1. The van der Waals surface area contributed by atoms with Gasteiger partial charge in [-0.3, -0.25) is 4.79 Å². The van der Waals surface area contributed by atoms with Crippen LogP contribution in [0.2, 0.25) is 5.02 Å². The number of benzene rings is 1. The number of aromatic nitrogens is 1. The zero-order valence-corrected chi connectivity index (χ0v) is 14.9. The van der Waals surface area contributed by atoms with Gasteiger partial charge in [-0.2, -0.15) is 0 Å². The normalized spacial score (nSPS) is 10.9. The smallest absolute Gasteiger partial charge is 0.267 e. The largest absolute Gasteiger partial charge is 0.397 e. The van der Waals surface area contributed by atoms with E-state index in [9.17, 15) is 4.79 Å². The van der Waals surface area contributed by atoms with E-state index in [4.69, 9.17) is 17.3 Å². The standard InChI is InChI=1S/C18H18ClN3OS/c1-2-3-6-12-8-9-14-15(20)16(24-18(14)22-12)17(23)21-13-7-4-5-11(19)10-13/h4-5,7-10H,2-3,6,20H2,1H3,(H,21,23). The van der Waals surface area contributed by atoms with Crippen molar-refractivity contribution in [1.29, 1.82) is 0 Å². The molecule has 6 heteroatoms. The third-order valence-corrected chi connectivity index (χ3v) is 5.08. The number of nitrogens with two attached hydrogens (primary N) is 1. The molecule has 2 aromatic heterocycles. The molecule has 0 aliphatic heterocycles. The topological polar surface area (TPSA) is 68.0 Å². The van der Waals surface area contributed by atoms with Crippen LogP contribution in [-0.2, 0) is 6.42 Å². The summed E-state index contributed by atoms with van der Waals surface area (Å²) in [7, 11) is 0. The summed E-state index contributed by atoms with van der Waals surface area (Å²) < 4.78 is 0. The first-order valence-electron chi connectivity index (χ1n) is 7.83. The minimum atomic E-state index is -0.243. The second-order valence-corrected chi connectivity index (χ2v) is 7.00. The molecular weight excluding hydrogens is 342 g/mol. The van der Waals surface area contributed by atoms with Crippen LogP contribution in [-0.4, -0.2) is 10.9 Å². The van der Waals surface area contributed by atoms with E-state index in [0.29, 0.717) is 21.3 Å². The fourth-order valence-electron chi connectivity index (χ4n) is 2.46. The van der Waals surface area contributed by atoms with Crippen LogP contribution in [0.1, 0.15) is 35.1 Å². The lowest BCUT2D eigenvalue weighted by Crippen LogP contribution is -2.11. The van der Waals surface area contributed by atoms with Crippen molar-refractivity contribution in [3.8, 4) is 0 Å². The minimum Gasteiger partial charge on any atom is -0.397 e. The van der Waals surface area contributed by atoms with E-state index in [-0.39, 0.29) is 5.91 Å². The van der Waals surface area contributed by atoms with Crippen LogP contribution in [0.15, 0.2) is 36.4 Å². The highest BCUT2D eigenvalue weighted by Crippen LogP contribution is 2.33. The minimum absolute atomic E-state index is 0.243. The number of hydrogen-bond donors (Lipinski definition) is 2. The lowest BCUT2D eigenvalue weighted by atomic mass is 10.1. The van der Waals surface area contributed by atoms with Crippen LogP contribution in [0.4, 0.5) is 11.4 Å². The highest BCUT2D eigenvalue weighted by Gasteiger charge is 2.17. The molecule has 3 aromatic rings. The van der Waals surface area contributed by atoms with E-state index < -0.39 is 0 Å². The Bertz CT molecular complexity index is 891. The number of thiophene rings is 1. The van der Waals surface area contributed by atoms with Gasteiger partial charge in [0.2, 0.25) is 0 Å². The van der Waals surface area contributed by atoms with Crippen molar-refractivity contribution < 1.29 is 4.79 Å². The SMILES string of the molecule is CCCCc1ccc2c(N)c(C(=O)Nc3cccc(Cl)c3)sc2n1. The van der Waals surface area contributed by atoms with E-state index in [1.165, 1.54) is 11.3 Å². The first-order chi connectivity index (χ1) is 11.6. The monoisotopic (exact) mass is 359 g/mol. The molecule has 0 bridgehead atoms. The Hall–Kier alpha value is -2.11. The Morgan fingerprint density at radius 3 is 2.92 bits per heavy atom. The highest BCUT2D eigenvalue weighted by molar-refractivity contribution is 7.21. The average molecular weight is 360 g/mol.